The van der Waals surface area contributed by atoms with Crippen LogP contribution in [0, 0.1) is 5.41 Å². The van der Waals surface area contributed by atoms with E-state index in [4.69, 9.17) is 0 Å². The molecule has 0 radical (unpaired) electrons. The summed E-state index contributed by atoms with van der Waals surface area (Å²) in [6, 6.07) is 0.199. The molecule has 0 saturated carbocycles. The second-order valence-corrected chi connectivity index (χ2v) is 6.70. The summed E-state index contributed by atoms with van der Waals surface area (Å²) in [4.78, 5) is 17.1. The molecule has 1 aliphatic rings. The Bertz CT molecular complexity index is 419. The maximum absolute atomic E-state index is 12.4. The molecule has 1 N–H and O–H groups in total. The summed E-state index contributed by atoms with van der Waals surface area (Å²) in [6.45, 7) is 10.3. The molecule has 1 aliphatic carbocycles. The van der Waals surface area contributed by atoms with Crippen molar-refractivity contribution in [1.29, 1.82) is 0 Å². The summed E-state index contributed by atoms with van der Waals surface area (Å²) >= 11 is 0. The number of rotatable bonds is 6. The molecule has 20 heavy (non-hydrogen) atoms. The second kappa shape index (κ2) is 7.05. The molecular weight excluding hydrogens is 250 g/mol. The van der Waals surface area contributed by atoms with Crippen molar-refractivity contribution in [1.82, 2.24) is 0 Å². The Morgan fingerprint density at radius 2 is 2.00 bits per heavy atom. The minimum Gasteiger partial charge on any atom is -0.511 e. The van der Waals surface area contributed by atoms with Gasteiger partial charge in [-0.1, -0.05) is 34.1 Å². The molecule has 0 aliphatic heterocycles. The van der Waals surface area contributed by atoms with E-state index in [1.165, 1.54) is 0 Å². The number of hydrogen-bond acceptors (Lipinski definition) is 3. The fraction of sp³-hybridized carbons (Fsp3) is 0.765. The number of aliphatic imine (C=N–C) groups is 1. The topological polar surface area (TPSA) is 49.7 Å². The summed E-state index contributed by atoms with van der Waals surface area (Å²) in [7, 11) is 0. The first-order valence-corrected chi connectivity index (χ1v) is 7.83. The number of aliphatic hydroxyl groups excluding tert-OH is 1. The molecular formula is C17H29NO2. The van der Waals surface area contributed by atoms with Crippen molar-refractivity contribution in [2.45, 2.75) is 79.2 Å². The smallest absolute Gasteiger partial charge is 0.168 e. The van der Waals surface area contributed by atoms with E-state index in [0.717, 1.165) is 31.4 Å². The Morgan fingerprint density at radius 3 is 2.50 bits per heavy atom. The molecule has 1 atom stereocenters. The minimum absolute atomic E-state index is 0.0527. The second-order valence-electron chi connectivity index (χ2n) is 6.70. The number of ketones is 1. The lowest BCUT2D eigenvalue weighted by Gasteiger charge is -2.30. The van der Waals surface area contributed by atoms with E-state index in [9.17, 15) is 9.90 Å². The summed E-state index contributed by atoms with van der Waals surface area (Å²) in [5.41, 5.74) is 1.19. The lowest BCUT2D eigenvalue weighted by atomic mass is 9.75. The van der Waals surface area contributed by atoms with Crippen LogP contribution in [-0.4, -0.2) is 22.6 Å². The first-order valence-electron chi connectivity index (χ1n) is 7.83. The molecule has 0 bridgehead atoms. The van der Waals surface area contributed by atoms with Crippen molar-refractivity contribution >= 4 is 11.5 Å². The van der Waals surface area contributed by atoms with Gasteiger partial charge in [0.15, 0.2) is 5.78 Å². The third-order valence-electron chi connectivity index (χ3n) is 3.88. The zero-order valence-electron chi connectivity index (χ0n) is 13.6. The monoisotopic (exact) mass is 279 g/mol. The number of aliphatic hydroxyl groups is 1. The molecule has 114 valence electrons. The van der Waals surface area contributed by atoms with Gasteiger partial charge in [-0.3, -0.25) is 9.79 Å². The number of unbranched alkanes of at least 4 members (excludes halogenated alkanes) is 1. The maximum Gasteiger partial charge on any atom is 0.168 e. The fourth-order valence-electron chi connectivity index (χ4n) is 2.57. The minimum atomic E-state index is -0.142. The van der Waals surface area contributed by atoms with Gasteiger partial charge in [-0.05, 0) is 31.6 Å². The standard InChI is InChI=1S/C17H29NO2/c1-6-8-9-13(18-12(3)7-2)16-14(19)10-17(4,5)11-15(16)20/h12,19H,6-11H2,1-5H3. The third kappa shape index (κ3) is 4.46. The van der Waals surface area contributed by atoms with Crippen LogP contribution in [0.1, 0.15) is 73.1 Å². The predicted molar refractivity (Wildman–Crippen MR) is 84.4 cm³/mol. The molecule has 0 heterocycles. The highest BCUT2D eigenvalue weighted by atomic mass is 16.3. The Morgan fingerprint density at radius 1 is 1.35 bits per heavy atom. The van der Waals surface area contributed by atoms with Crippen molar-refractivity contribution in [2.24, 2.45) is 10.4 Å². The van der Waals surface area contributed by atoms with Crippen molar-refractivity contribution in [3.8, 4) is 0 Å². The SMILES string of the molecule is CCCCC(=NC(C)CC)C1=C(O)CC(C)(C)CC1=O. The van der Waals surface area contributed by atoms with Gasteiger partial charge in [0.2, 0.25) is 0 Å². The zero-order valence-corrected chi connectivity index (χ0v) is 13.6. The lowest BCUT2D eigenvalue weighted by molar-refractivity contribution is -0.117. The van der Waals surface area contributed by atoms with E-state index in [1.54, 1.807) is 0 Å². The van der Waals surface area contributed by atoms with E-state index >= 15 is 0 Å². The van der Waals surface area contributed by atoms with Gasteiger partial charge in [0.1, 0.15) is 5.76 Å². The molecule has 0 spiro atoms. The van der Waals surface area contributed by atoms with Crippen LogP contribution in [-0.2, 0) is 4.79 Å². The molecule has 1 rings (SSSR count). The molecule has 0 aromatic heterocycles. The molecule has 0 fully saturated rings. The van der Waals surface area contributed by atoms with Gasteiger partial charge in [-0.15, -0.1) is 0 Å². The number of allylic oxidation sites excluding steroid dienone is 2. The van der Waals surface area contributed by atoms with Gasteiger partial charge in [-0.25, -0.2) is 0 Å². The third-order valence-corrected chi connectivity index (χ3v) is 3.88. The van der Waals surface area contributed by atoms with Gasteiger partial charge < -0.3 is 5.11 Å². The van der Waals surface area contributed by atoms with E-state index in [1.807, 2.05) is 13.8 Å². The first-order chi connectivity index (χ1) is 9.30. The van der Waals surface area contributed by atoms with Crippen LogP contribution in [0.5, 0.6) is 0 Å². The van der Waals surface area contributed by atoms with Crippen molar-refractivity contribution in [3.05, 3.63) is 11.3 Å². The summed E-state index contributed by atoms with van der Waals surface area (Å²) in [5, 5.41) is 10.3. The Balaban J connectivity index is 3.12. The van der Waals surface area contributed by atoms with Gasteiger partial charge >= 0.3 is 0 Å². The highest BCUT2D eigenvalue weighted by Gasteiger charge is 2.34. The highest BCUT2D eigenvalue weighted by molar-refractivity contribution is 6.23. The number of nitrogens with zero attached hydrogens (tertiary/aromatic N) is 1. The van der Waals surface area contributed by atoms with Crippen LogP contribution in [0.3, 0.4) is 0 Å². The average Bonchev–Trinajstić information content (AvgIpc) is 2.32. The predicted octanol–water partition coefficient (Wildman–Crippen LogP) is 4.62. The van der Waals surface area contributed by atoms with E-state index in [0.29, 0.717) is 18.4 Å². The lowest BCUT2D eigenvalue weighted by Crippen LogP contribution is -2.29. The summed E-state index contributed by atoms with van der Waals surface area (Å²) in [6.07, 6.45) is 4.86. The maximum atomic E-state index is 12.4. The van der Waals surface area contributed by atoms with Crippen molar-refractivity contribution in [3.63, 3.8) is 0 Å². The summed E-state index contributed by atoms with van der Waals surface area (Å²) in [5.74, 6) is 0.293. The number of carbonyl (C=O) groups is 1. The normalized spacial score (nSPS) is 21.2. The molecule has 0 aromatic carbocycles. The molecule has 1 unspecified atom stereocenters. The van der Waals surface area contributed by atoms with Gasteiger partial charge in [0.25, 0.3) is 0 Å². The van der Waals surface area contributed by atoms with Crippen LogP contribution in [0.2, 0.25) is 0 Å². The van der Waals surface area contributed by atoms with Gasteiger partial charge in [0.05, 0.1) is 5.57 Å². The molecule has 0 aromatic rings. The highest BCUT2D eigenvalue weighted by Crippen LogP contribution is 2.36. The fourth-order valence-corrected chi connectivity index (χ4v) is 2.57. The van der Waals surface area contributed by atoms with Crippen molar-refractivity contribution < 1.29 is 9.90 Å². The molecule has 3 nitrogen and oxygen atoms in total. The largest absolute Gasteiger partial charge is 0.511 e. The van der Waals surface area contributed by atoms with E-state index in [-0.39, 0.29) is 23.0 Å². The quantitative estimate of drug-likeness (QED) is 0.721. The van der Waals surface area contributed by atoms with E-state index in [2.05, 4.69) is 25.8 Å². The van der Waals surface area contributed by atoms with Gasteiger partial charge in [-0.2, -0.15) is 0 Å². The zero-order chi connectivity index (χ0) is 15.3. The van der Waals surface area contributed by atoms with Crippen LogP contribution >= 0.6 is 0 Å². The number of hydrogen-bond donors (Lipinski definition) is 1. The molecule has 3 heteroatoms. The van der Waals surface area contributed by atoms with Gasteiger partial charge in [0, 0.05) is 24.6 Å². The van der Waals surface area contributed by atoms with Crippen LogP contribution in [0.25, 0.3) is 0 Å². The van der Waals surface area contributed by atoms with Crippen LogP contribution in [0.15, 0.2) is 16.3 Å². The number of Topliss-reactive ketones (excluding diaryl/α,β-unsaturated/α-hetero) is 1. The Hall–Kier alpha value is -1.12. The van der Waals surface area contributed by atoms with Crippen LogP contribution in [0.4, 0.5) is 0 Å². The summed E-state index contributed by atoms with van der Waals surface area (Å²) < 4.78 is 0. The van der Waals surface area contributed by atoms with Crippen LogP contribution < -0.4 is 0 Å². The first kappa shape index (κ1) is 16.9. The van der Waals surface area contributed by atoms with Crippen molar-refractivity contribution in [2.75, 3.05) is 0 Å². The average molecular weight is 279 g/mol. The molecule has 0 saturated heterocycles. The van der Waals surface area contributed by atoms with E-state index < -0.39 is 0 Å². The Kier molecular flexibility index (Phi) is 5.97. The molecule has 0 amide bonds. The number of carbonyl (C=O) groups excluding carboxylic acids is 1. The Labute approximate surface area is 123 Å².